The predicted octanol–water partition coefficient (Wildman–Crippen LogP) is 4.44. The number of nitrogens with zero attached hydrogens (tertiary/aromatic N) is 4. The summed E-state index contributed by atoms with van der Waals surface area (Å²) in [6.45, 7) is 3.02. The molecule has 0 aliphatic carbocycles. The zero-order valence-corrected chi connectivity index (χ0v) is 18.6. The fourth-order valence-electron chi connectivity index (χ4n) is 4.91. The number of anilines is 1. The Hall–Kier alpha value is -3.42. The van der Waals surface area contributed by atoms with Crippen molar-refractivity contribution in [3.63, 3.8) is 0 Å². The van der Waals surface area contributed by atoms with Gasteiger partial charge in [-0.3, -0.25) is 0 Å². The van der Waals surface area contributed by atoms with E-state index in [-0.39, 0.29) is 0 Å². The molecule has 0 bridgehead atoms. The zero-order valence-electron chi connectivity index (χ0n) is 18.6. The average Bonchev–Trinajstić information content (AvgIpc) is 3.50. The smallest absolute Gasteiger partial charge is 0.171 e. The maximum Gasteiger partial charge on any atom is 0.171 e. The first-order valence-corrected chi connectivity index (χ1v) is 11.4. The second-order valence-corrected chi connectivity index (χ2v) is 8.47. The Morgan fingerprint density at radius 1 is 0.909 bits per heavy atom. The van der Waals surface area contributed by atoms with Crippen LogP contribution >= 0.6 is 0 Å². The topological polar surface area (TPSA) is 61.6 Å². The molecule has 33 heavy (non-hydrogen) atoms. The molecule has 4 aromatic rings. The number of ether oxygens (including phenoxy) is 3. The number of hydrogen-bond donors (Lipinski definition) is 0. The van der Waals surface area contributed by atoms with E-state index >= 15 is 0 Å². The van der Waals surface area contributed by atoms with Crippen molar-refractivity contribution in [2.45, 2.75) is 18.6 Å². The molecule has 0 unspecified atom stereocenters. The van der Waals surface area contributed by atoms with E-state index in [9.17, 15) is 0 Å². The number of piperidine rings is 1. The van der Waals surface area contributed by atoms with Gasteiger partial charge in [0.25, 0.3) is 0 Å². The van der Waals surface area contributed by atoms with Gasteiger partial charge in [-0.2, -0.15) is 0 Å². The molecule has 2 saturated heterocycles. The highest BCUT2D eigenvalue weighted by Crippen LogP contribution is 2.39. The van der Waals surface area contributed by atoms with Crippen LogP contribution in [-0.2, 0) is 9.47 Å². The van der Waals surface area contributed by atoms with Crippen molar-refractivity contribution < 1.29 is 14.2 Å². The van der Waals surface area contributed by atoms with E-state index in [1.54, 1.807) is 13.4 Å². The van der Waals surface area contributed by atoms with Crippen LogP contribution in [0, 0.1) is 0 Å². The molecular weight excluding hydrogens is 416 g/mol. The van der Waals surface area contributed by atoms with E-state index in [0.717, 1.165) is 65.3 Å². The lowest BCUT2D eigenvalue weighted by Crippen LogP contribution is -2.45. The molecule has 2 aliphatic rings. The Bertz CT molecular complexity index is 1250. The summed E-state index contributed by atoms with van der Waals surface area (Å²) in [5.74, 6) is 1.37. The quantitative estimate of drug-likeness (QED) is 0.466. The normalized spacial score (nSPS) is 17.7. The Labute approximate surface area is 192 Å². The van der Waals surface area contributed by atoms with Gasteiger partial charge in [-0.1, -0.05) is 30.3 Å². The number of hydrogen-bond acceptors (Lipinski definition) is 6. The molecule has 0 radical (unpaired) electrons. The van der Waals surface area contributed by atoms with Gasteiger partial charge in [0.1, 0.15) is 17.9 Å². The van der Waals surface area contributed by atoms with E-state index in [0.29, 0.717) is 13.2 Å². The Kier molecular flexibility index (Phi) is 5.00. The summed E-state index contributed by atoms with van der Waals surface area (Å²) in [7, 11) is 1.68. The maximum atomic E-state index is 5.93. The minimum absolute atomic E-state index is 0.417. The lowest BCUT2D eigenvalue weighted by atomic mass is 10.0. The molecule has 4 heterocycles. The molecule has 0 amide bonds. The van der Waals surface area contributed by atoms with Gasteiger partial charge < -0.3 is 23.7 Å². The molecule has 2 fully saturated rings. The SMILES string of the molecule is COc1ccc(-n2cc(-c3ccccc3)c3c(N4CCC5(CC4)OCCO5)ncnc32)cc1. The number of fused-ring (bicyclic) bond motifs is 1. The molecule has 2 aromatic carbocycles. The van der Waals surface area contributed by atoms with Crippen LogP contribution in [0.4, 0.5) is 5.82 Å². The third kappa shape index (κ3) is 3.53. The van der Waals surface area contributed by atoms with Gasteiger partial charge in [0.05, 0.1) is 25.7 Å². The van der Waals surface area contributed by atoms with Gasteiger partial charge in [0, 0.05) is 43.4 Å². The fraction of sp³-hybridized carbons (Fsp3) is 0.308. The highest BCUT2D eigenvalue weighted by Gasteiger charge is 2.40. The van der Waals surface area contributed by atoms with Crippen molar-refractivity contribution >= 4 is 16.9 Å². The van der Waals surface area contributed by atoms with E-state index in [1.165, 1.54) is 0 Å². The van der Waals surface area contributed by atoms with E-state index < -0.39 is 5.79 Å². The molecule has 7 heteroatoms. The van der Waals surface area contributed by atoms with Crippen molar-refractivity contribution in [3.8, 4) is 22.6 Å². The molecule has 6 rings (SSSR count). The minimum Gasteiger partial charge on any atom is -0.497 e. The van der Waals surface area contributed by atoms with E-state index in [2.05, 4.69) is 39.9 Å². The maximum absolute atomic E-state index is 5.93. The second kappa shape index (κ2) is 8.17. The monoisotopic (exact) mass is 442 g/mol. The summed E-state index contributed by atoms with van der Waals surface area (Å²) in [6, 6.07) is 18.5. The zero-order chi connectivity index (χ0) is 22.3. The van der Waals surface area contributed by atoms with Crippen LogP contribution in [0.1, 0.15) is 12.8 Å². The average molecular weight is 443 g/mol. The number of rotatable bonds is 4. The van der Waals surface area contributed by atoms with Gasteiger partial charge in [0.2, 0.25) is 0 Å². The van der Waals surface area contributed by atoms with Crippen LogP contribution < -0.4 is 9.64 Å². The van der Waals surface area contributed by atoms with Gasteiger partial charge in [-0.15, -0.1) is 0 Å². The van der Waals surface area contributed by atoms with Crippen LogP contribution in [0.2, 0.25) is 0 Å². The molecule has 7 nitrogen and oxygen atoms in total. The molecule has 168 valence electrons. The minimum atomic E-state index is -0.417. The summed E-state index contributed by atoms with van der Waals surface area (Å²) in [5.41, 5.74) is 4.17. The Morgan fingerprint density at radius 3 is 2.33 bits per heavy atom. The van der Waals surface area contributed by atoms with Crippen molar-refractivity contribution in [2.75, 3.05) is 38.3 Å². The summed E-state index contributed by atoms with van der Waals surface area (Å²) < 4.78 is 19.3. The molecule has 2 aliphatic heterocycles. The van der Waals surface area contributed by atoms with Crippen molar-refractivity contribution in [3.05, 3.63) is 67.1 Å². The largest absolute Gasteiger partial charge is 0.497 e. The summed E-state index contributed by atoms with van der Waals surface area (Å²) in [4.78, 5) is 11.8. The van der Waals surface area contributed by atoms with E-state index in [1.807, 2.05) is 30.3 Å². The van der Waals surface area contributed by atoms with E-state index in [4.69, 9.17) is 24.2 Å². The third-order valence-electron chi connectivity index (χ3n) is 6.64. The predicted molar refractivity (Wildman–Crippen MR) is 127 cm³/mol. The lowest BCUT2D eigenvalue weighted by molar-refractivity contribution is -0.169. The first-order valence-electron chi connectivity index (χ1n) is 11.4. The van der Waals surface area contributed by atoms with Crippen LogP contribution in [0.3, 0.4) is 0 Å². The molecule has 1 spiro atoms. The van der Waals surface area contributed by atoms with Crippen LogP contribution in [0.25, 0.3) is 27.8 Å². The highest BCUT2D eigenvalue weighted by molar-refractivity contribution is 6.02. The molecular formula is C26H26N4O3. The number of methoxy groups -OCH3 is 1. The summed E-state index contributed by atoms with van der Waals surface area (Å²) in [6.07, 6.45) is 5.49. The van der Waals surface area contributed by atoms with Gasteiger partial charge >= 0.3 is 0 Å². The highest BCUT2D eigenvalue weighted by atomic mass is 16.7. The lowest BCUT2D eigenvalue weighted by Gasteiger charge is -2.38. The molecule has 0 N–H and O–H groups in total. The van der Waals surface area contributed by atoms with Crippen molar-refractivity contribution in [1.29, 1.82) is 0 Å². The molecule has 0 saturated carbocycles. The summed E-state index contributed by atoms with van der Waals surface area (Å²) in [5, 5.41) is 1.06. The third-order valence-corrected chi connectivity index (χ3v) is 6.64. The van der Waals surface area contributed by atoms with Gasteiger partial charge in [0.15, 0.2) is 11.4 Å². The van der Waals surface area contributed by atoms with Gasteiger partial charge in [-0.25, -0.2) is 9.97 Å². The van der Waals surface area contributed by atoms with Crippen molar-refractivity contribution in [2.24, 2.45) is 0 Å². The molecule has 0 atom stereocenters. The Balaban J connectivity index is 1.47. The van der Waals surface area contributed by atoms with Crippen LogP contribution in [0.15, 0.2) is 67.1 Å². The second-order valence-electron chi connectivity index (χ2n) is 8.47. The fourth-order valence-corrected chi connectivity index (χ4v) is 4.91. The first kappa shape index (κ1) is 20.2. The number of benzene rings is 2. The molecule has 2 aromatic heterocycles. The van der Waals surface area contributed by atoms with Gasteiger partial charge in [-0.05, 0) is 29.8 Å². The first-order chi connectivity index (χ1) is 16.3. The van der Waals surface area contributed by atoms with Crippen molar-refractivity contribution in [1.82, 2.24) is 14.5 Å². The standard InChI is InChI=1S/C26H26N4O3/c1-31-21-9-7-20(8-10-21)30-17-22(19-5-3-2-4-6-19)23-24(27-18-28-25(23)30)29-13-11-26(12-14-29)32-15-16-33-26/h2-10,17-18H,11-16H2,1H3. The number of aromatic nitrogens is 3. The van der Waals surface area contributed by atoms with Crippen LogP contribution in [0.5, 0.6) is 5.75 Å². The summed E-state index contributed by atoms with van der Waals surface area (Å²) >= 11 is 0. The van der Waals surface area contributed by atoms with Crippen LogP contribution in [-0.4, -0.2) is 53.7 Å². The Morgan fingerprint density at radius 2 is 1.64 bits per heavy atom.